The second-order valence-corrected chi connectivity index (χ2v) is 9.46. The lowest BCUT2D eigenvalue weighted by Crippen LogP contribution is -2.40. The molecule has 0 aliphatic carbocycles. The van der Waals surface area contributed by atoms with E-state index in [4.69, 9.17) is 0 Å². The van der Waals surface area contributed by atoms with Crippen LogP contribution in [0.4, 0.5) is 0 Å². The van der Waals surface area contributed by atoms with Gasteiger partial charge in [-0.1, -0.05) is 31.9 Å². The van der Waals surface area contributed by atoms with Gasteiger partial charge in [0.2, 0.25) is 10.0 Å². The summed E-state index contributed by atoms with van der Waals surface area (Å²) in [6, 6.07) is 9.48. The van der Waals surface area contributed by atoms with Crippen LogP contribution >= 0.6 is 11.3 Å². The maximum atomic E-state index is 12.7. The van der Waals surface area contributed by atoms with E-state index in [1.54, 1.807) is 23.5 Å². The molecule has 3 rings (SSSR count). The van der Waals surface area contributed by atoms with Crippen molar-refractivity contribution in [2.24, 2.45) is 0 Å². The van der Waals surface area contributed by atoms with Gasteiger partial charge < -0.3 is 0 Å². The van der Waals surface area contributed by atoms with Crippen molar-refractivity contribution in [1.82, 2.24) is 9.62 Å². The molecule has 1 aromatic heterocycles. The second kappa shape index (κ2) is 9.13. The van der Waals surface area contributed by atoms with Crippen LogP contribution in [0, 0.1) is 0 Å². The lowest BCUT2D eigenvalue weighted by Gasteiger charge is -2.34. The van der Waals surface area contributed by atoms with E-state index in [0.29, 0.717) is 11.4 Å². The summed E-state index contributed by atoms with van der Waals surface area (Å²) in [6.45, 7) is 4.61. The predicted molar refractivity (Wildman–Crippen MR) is 108 cm³/mol. The highest BCUT2D eigenvalue weighted by Gasteiger charge is 2.25. The molecular weight excluding hydrogens is 364 g/mol. The summed E-state index contributed by atoms with van der Waals surface area (Å²) in [6.07, 6.45) is 5.67. The maximum absolute atomic E-state index is 12.7. The van der Waals surface area contributed by atoms with Crippen LogP contribution in [0.2, 0.25) is 0 Å². The third kappa shape index (κ3) is 4.94. The van der Waals surface area contributed by atoms with Crippen molar-refractivity contribution >= 4 is 21.4 Å². The highest BCUT2D eigenvalue weighted by atomic mass is 32.2. The Morgan fingerprint density at radius 2 is 1.85 bits per heavy atom. The fourth-order valence-corrected chi connectivity index (χ4v) is 5.29. The number of aryl methyl sites for hydroxylation is 1. The van der Waals surface area contributed by atoms with Gasteiger partial charge in [-0.2, -0.15) is 11.3 Å². The summed E-state index contributed by atoms with van der Waals surface area (Å²) in [4.78, 5) is 2.76. The lowest BCUT2D eigenvalue weighted by molar-refractivity contribution is 0.165. The molecule has 1 fully saturated rings. The number of thiophene rings is 1. The summed E-state index contributed by atoms with van der Waals surface area (Å²) < 4.78 is 28.3. The molecule has 1 aromatic carbocycles. The lowest BCUT2D eigenvalue weighted by atomic mass is 10.0. The van der Waals surface area contributed by atoms with Gasteiger partial charge in [0.15, 0.2) is 0 Å². The Hall–Kier alpha value is -1.21. The van der Waals surface area contributed by atoms with Crippen molar-refractivity contribution in [3.05, 3.63) is 52.2 Å². The van der Waals surface area contributed by atoms with Gasteiger partial charge >= 0.3 is 0 Å². The van der Waals surface area contributed by atoms with Crippen LogP contribution < -0.4 is 4.72 Å². The summed E-state index contributed by atoms with van der Waals surface area (Å²) in [5.41, 5.74) is 2.38. The molecule has 1 aliphatic heterocycles. The SMILES string of the molecule is CCCc1ccc(S(=O)(=O)NCC(c2ccsc2)N2CCCCC2)cc1. The van der Waals surface area contributed by atoms with Crippen molar-refractivity contribution in [2.75, 3.05) is 19.6 Å². The number of nitrogens with one attached hydrogen (secondary N) is 1. The van der Waals surface area contributed by atoms with Crippen molar-refractivity contribution < 1.29 is 8.42 Å². The number of hydrogen-bond donors (Lipinski definition) is 1. The molecule has 1 atom stereocenters. The zero-order valence-corrected chi connectivity index (χ0v) is 17.0. The molecule has 26 heavy (non-hydrogen) atoms. The Morgan fingerprint density at radius 1 is 1.12 bits per heavy atom. The third-order valence-corrected chi connectivity index (χ3v) is 7.14. The van der Waals surface area contributed by atoms with E-state index < -0.39 is 10.0 Å². The largest absolute Gasteiger partial charge is 0.295 e. The molecule has 1 unspecified atom stereocenters. The van der Waals surface area contributed by atoms with Gasteiger partial charge in [-0.25, -0.2) is 13.1 Å². The molecule has 2 aromatic rings. The molecule has 1 aliphatic rings. The zero-order chi connectivity index (χ0) is 18.4. The number of piperidine rings is 1. The van der Waals surface area contributed by atoms with Crippen molar-refractivity contribution in [3.63, 3.8) is 0 Å². The molecule has 0 spiro atoms. The number of rotatable bonds is 8. The summed E-state index contributed by atoms with van der Waals surface area (Å²) >= 11 is 1.66. The maximum Gasteiger partial charge on any atom is 0.240 e. The summed E-state index contributed by atoms with van der Waals surface area (Å²) in [5.74, 6) is 0. The topological polar surface area (TPSA) is 49.4 Å². The Kier molecular flexibility index (Phi) is 6.86. The first-order chi connectivity index (χ1) is 12.6. The molecule has 0 radical (unpaired) electrons. The van der Waals surface area contributed by atoms with Gasteiger partial charge in [0.1, 0.15) is 0 Å². The van der Waals surface area contributed by atoms with E-state index in [1.807, 2.05) is 12.1 Å². The first kappa shape index (κ1) is 19.5. The normalized spacial score (nSPS) is 17.3. The number of hydrogen-bond acceptors (Lipinski definition) is 4. The minimum Gasteiger partial charge on any atom is -0.295 e. The molecule has 0 saturated carbocycles. The Labute approximate surface area is 161 Å². The van der Waals surface area contributed by atoms with Crippen molar-refractivity contribution in [1.29, 1.82) is 0 Å². The molecule has 0 bridgehead atoms. The van der Waals surface area contributed by atoms with E-state index in [2.05, 4.69) is 33.4 Å². The average molecular weight is 393 g/mol. The minimum absolute atomic E-state index is 0.107. The van der Waals surface area contributed by atoms with Gasteiger partial charge in [-0.15, -0.1) is 0 Å². The van der Waals surface area contributed by atoms with Crippen molar-refractivity contribution in [3.8, 4) is 0 Å². The Morgan fingerprint density at radius 3 is 2.46 bits per heavy atom. The molecule has 1 N–H and O–H groups in total. The van der Waals surface area contributed by atoms with Gasteiger partial charge in [-0.3, -0.25) is 4.90 Å². The number of nitrogens with zero attached hydrogens (tertiary/aromatic N) is 1. The van der Waals surface area contributed by atoms with Crippen LogP contribution in [0.25, 0.3) is 0 Å². The first-order valence-electron chi connectivity index (χ1n) is 9.45. The smallest absolute Gasteiger partial charge is 0.240 e. The van der Waals surface area contributed by atoms with Crippen molar-refractivity contribution in [2.45, 2.75) is 50.0 Å². The number of likely N-dealkylation sites (tertiary alicyclic amines) is 1. The van der Waals surface area contributed by atoms with Crippen LogP contribution in [0.5, 0.6) is 0 Å². The highest BCUT2D eigenvalue weighted by Crippen LogP contribution is 2.26. The fraction of sp³-hybridized carbons (Fsp3) is 0.500. The van der Waals surface area contributed by atoms with E-state index in [-0.39, 0.29) is 6.04 Å². The molecular formula is C20H28N2O2S2. The first-order valence-corrected chi connectivity index (χ1v) is 11.9. The monoisotopic (exact) mass is 392 g/mol. The van der Waals surface area contributed by atoms with E-state index in [0.717, 1.165) is 25.9 Å². The zero-order valence-electron chi connectivity index (χ0n) is 15.4. The second-order valence-electron chi connectivity index (χ2n) is 6.91. The van der Waals surface area contributed by atoms with Crippen LogP contribution in [-0.4, -0.2) is 33.0 Å². The van der Waals surface area contributed by atoms with Gasteiger partial charge in [0.05, 0.1) is 4.90 Å². The molecule has 4 nitrogen and oxygen atoms in total. The summed E-state index contributed by atoms with van der Waals surface area (Å²) in [7, 11) is -3.49. The Balaban J connectivity index is 1.70. The molecule has 2 heterocycles. The number of sulfonamides is 1. The average Bonchev–Trinajstić information content (AvgIpc) is 3.18. The molecule has 142 valence electrons. The van der Waals surface area contributed by atoms with Gasteiger partial charge in [-0.05, 0) is 72.4 Å². The molecule has 6 heteroatoms. The van der Waals surface area contributed by atoms with Crippen LogP contribution in [-0.2, 0) is 16.4 Å². The standard InChI is InChI=1S/C20H28N2O2S2/c1-2-6-17-7-9-19(10-8-17)26(23,24)21-15-20(18-11-14-25-16-18)22-12-4-3-5-13-22/h7-11,14,16,20-21H,2-6,12-13,15H2,1H3. The Bertz CT molecular complexity index is 765. The quantitative estimate of drug-likeness (QED) is 0.732. The van der Waals surface area contributed by atoms with E-state index in [1.165, 1.54) is 30.4 Å². The van der Waals surface area contributed by atoms with Crippen LogP contribution in [0.15, 0.2) is 46.0 Å². The predicted octanol–water partition coefficient (Wildman–Crippen LogP) is 4.21. The van der Waals surface area contributed by atoms with Crippen LogP contribution in [0.1, 0.15) is 49.8 Å². The minimum atomic E-state index is -3.49. The molecule has 0 amide bonds. The van der Waals surface area contributed by atoms with E-state index in [9.17, 15) is 8.42 Å². The highest BCUT2D eigenvalue weighted by molar-refractivity contribution is 7.89. The van der Waals surface area contributed by atoms with Gasteiger partial charge in [0, 0.05) is 12.6 Å². The fourth-order valence-electron chi connectivity index (χ4n) is 3.55. The van der Waals surface area contributed by atoms with E-state index >= 15 is 0 Å². The summed E-state index contributed by atoms with van der Waals surface area (Å²) in [5, 5.41) is 4.19. The number of benzene rings is 1. The molecule has 1 saturated heterocycles. The van der Waals surface area contributed by atoms with Crippen LogP contribution in [0.3, 0.4) is 0 Å². The van der Waals surface area contributed by atoms with Gasteiger partial charge in [0.25, 0.3) is 0 Å². The third-order valence-electron chi connectivity index (χ3n) is 5.00.